The summed E-state index contributed by atoms with van der Waals surface area (Å²) in [6, 6.07) is 4.90. The van der Waals surface area contributed by atoms with E-state index in [4.69, 9.17) is 0 Å². The van der Waals surface area contributed by atoms with Crippen LogP contribution in [0, 0.1) is 0 Å². The molecule has 3 heteroatoms. The molecule has 0 saturated heterocycles. The number of anilines is 2. The molecule has 2 N–H and O–H groups in total. The summed E-state index contributed by atoms with van der Waals surface area (Å²) in [5.41, 5.74) is 1.06. The van der Waals surface area contributed by atoms with Crippen molar-refractivity contribution in [3.63, 3.8) is 0 Å². The minimum absolute atomic E-state index is 0.423. The molecule has 14 heavy (non-hydrogen) atoms. The van der Waals surface area contributed by atoms with E-state index in [1.807, 2.05) is 18.3 Å². The Kier molecular flexibility index (Phi) is 3.74. The number of hydrogen-bond donors (Lipinski definition) is 2. The normalized spacial score (nSPS) is 10.7. The summed E-state index contributed by atoms with van der Waals surface area (Å²) in [5, 5.41) is 6.54. The number of pyridine rings is 1. The van der Waals surface area contributed by atoms with Gasteiger partial charge in [-0.15, -0.1) is 0 Å². The highest BCUT2D eigenvalue weighted by Crippen LogP contribution is 2.11. The first-order valence-corrected chi connectivity index (χ1v) is 5.07. The maximum atomic E-state index is 4.30. The topological polar surface area (TPSA) is 37.0 Å². The lowest BCUT2D eigenvalue weighted by molar-refractivity contribution is 0.884. The second-order valence-corrected chi connectivity index (χ2v) is 4.03. The van der Waals surface area contributed by atoms with Crippen molar-refractivity contribution in [3.05, 3.63) is 18.3 Å². The van der Waals surface area contributed by atoms with Crippen molar-refractivity contribution in [1.82, 2.24) is 4.98 Å². The van der Waals surface area contributed by atoms with E-state index in [1.54, 1.807) is 0 Å². The molecule has 0 amide bonds. The van der Waals surface area contributed by atoms with Crippen molar-refractivity contribution in [3.8, 4) is 0 Å². The molecule has 0 spiro atoms. The molecule has 0 bridgehead atoms. The van der Waals surface area contributed by atoms with Gasteiger partial charge in [-0.25, -0.2) is 4.98 Å². The third kappa shape index (κ3) is 3.64. The average Bonchev–Trinajstić information content (AvgIpc) is 2.06. The summed E-state index contributed by atoms with van der Waals surface area (Å²) < 4.78 is 0. The van der Waals surface area contributed by atoms with Crippen LogP contribution in [0.4, 0.5) is 11.5 Å². The Hall–Kier alpha value is -1.25. The molecule has 3 nitrogen and oxygen atoms in total. The van der Waals surface area contributed by atoms with Crippen LogP contribution >= 0.6 is 0 Å². The molecular weight excluding hydrogens is 174 g/mol. The van der Waals surface area contributed by atoms with Crippen molar-refractivity contribution in [2.75, 3.05) is 10.6 Å². The van der Waals surface area contributed by atoms with Crippen LogP contribution < -0.4 is 10.6 Å². The SMILES string of the molecule is CC(C)Nc1ccc(NC(C)C)nc1. The van der Waals surface area contributed by atoms with Gasteiger partial charge in [-0.1, -0.05) is 0 Å². The summed E-state index contributed by atoms with van der Waals surface area (Å²) in [5.74, 6) is 0.925. The number of nitrogens with one attached hydrogen (secondary N) is 2. The van der Waals surface area contributed by atoms with Crippen molar-refractivity contribution >= 4 is 11.5 Å². The van der Waals surface area contributed by atoms with Crippen molar-refractivity contribution in [2.45, 2.75) is 39.8 Å². The predicted molar refractivity (Wildman–Crippen MR) is 61.8 cm³/mol. The molecule has 0 fully saturated rings. The first kappa shape index (κ1) is 10.8. The van der Waals surface area contributed by atoms with Crippen LogP contribution in [-0.2, 0) is 0 Å². The van der Waals surface area contributed by atoms with E-state index < -0.39 is 0 Å². The van der Waals surface area contributed by atoms with Gasteiger partial charge >= 0.3 is 0 Å². The standard InChI is InChI=1S/C11H19N3/c1-8(2)13-10-5-6-11(12-7-10)14-9(3)4/h5-9,13H,1-4H3,(H,12,14). The number of hydrogen-bond acceptors (Lipinski definition) is 3. The maximum Gasteiger partial charge on any atom is 0.126 e. The molecule has 1 rings (SSSR count). The fourth-order valence-electron chi connectivity index (χ4n) is 1.19. The monoisotopic (exact) mass is 193 g/mol. The highest BCUT2D eigenvalue weighted by molar-refractivity contribution is 5.47. The number of rotatable bonds is 4. The quantitative estimate of drug-likeness (QED) is 0.772. The molecule has 0 aliphatic rings. The molecule has 0 saturated carbocycles. The second-order valence-electron chi connectivity index (χ2n) is 4.03. The van der Waals surface area contributed by atoms with Crippen molar-refractivity contribution in [2.24, 2.45) is 0 Å². The lowest BCUT2D eigenvalue weighted by Gasteiger charge is -2.12. The highest BCUT2D eigenvalue weighted by Gasteiger charge is 1.98. The number of aromatic nitrogens is 1. The van der Waals surface area contributed by atoms with E-state index >= 15 is 0 Å². The zero-order chi connectivity index (χ0) is 10.6. The first-order valence-electron chi connectivity index (χ1n) is 5.07. The van der Waals surface area contributed by atoms with Crippen LogP contribution in [-0.4, -0.2) is 17.1 Å². The molecule has 0 aliphatic heterocycles. The van der Waals surface area contributed by atoms with Gasteiger partial charge in [0.25, 0.3) is 0 Å². The molecule has 0 unspecified atom stereocenters. The van der Waals surface area contributed by atoms with E-state index in [0.29, 0.717) is 12.1 Å². The Bertz CT molecular complexity index is 235. The molecule has 1 heterocycles. The second kappa shape index (κ2) is 4.84. The van der Waals surface area contributed by atoms with Crippen LogP contribution in [0.1, 0.15) is 27.7 Å². The Morgan fingerprint density at radius 1 is 1.00 bits per heavy atom. The van der Waals surface area contributed by atoms with Crippen LogP contribution in [0.15, 0.2) is 18.3 Å². The van der Waals surface area contributed by atoms with Gasteiger partial charge in [0.2, 0.25) is 0 Å². The van der Waals surface area contributed by atoms with Gasteiger partial charge in [0.15, 0.2) is 0 Å². The summed E-state index contributed by atoms with van der Waals surface area (Å²) >= 11 is 0. The zero-order valence-electron chi connectivity index (χ0n) is 9.33. The predicted octanol–water partition coefficient (Wildman–Crippen LogP) is 2.72. The van der Waals surface area contributed by atoms with Crippen molar-refractivity contribution in [1.29, 1.82) is 0 Å². The Morgan fingerprint density at radius 2 is 1.64 bits per heavy atom. The molecule has 1 aromatic heterocycles. The minimum atomic E-state index is 0.423. The fourth-order valence-corrected chi connectivity index (χ4v) is 1.19. The molecular formula is C11H19N3. The Morgan fingerprint density at radius 3 is 2.07 bits per heavy atom. The Labute approximate surface area is 85.9 Å². The highest BCUT2D eigenvalue weighted by atomic mass is 15.0. The lowest BCUT2D eigenvalue weighted by atomic mass is 10.3. The molecule has 78 valence electrons. The van der Waals surface area contributed by atoms with Crippen LogP contribution in [0.2, 0.25) is 0 Å². The van der Waals surface area contributed by atoms with Crippen LogP contribution in [0.25, 0.3) is 0 Å². The van der Waals surface area contributed by atoms with Crippen LogP contribution in [0.3, 0.4) is 0 Å². The zero-order valence-corrected chi connectivity index (χ0v) is 9.33. The smallest absolute Gasteiger partial charge is 0.126 e. The number of nitrogens with zero attached hydrogens (tertiary/aromatic N) is 1. The van der Waals surface area contributed by atoms with Gasteiger partial charge in [0.05, 0.1) is 11.9 Å². The summed E-state index contributed by atoms with van der Waals surface area (Å²) in [4.78, 5) is 4.30. The molecule has 0 radical (unpaired) electrons. The fraction of sp³-hybridized carbons (Fsp3) is 0.545. The summed E-state index contributed by atoms with van der Waals surface area (Å²) in [7, 11) is 0. The van der Waals surface area contributed by atoms with Gasteiger partial charge in [-0.05, 0) is 39.8 Å². The van der Waals surface area contributed by atoms with Crippen LogP contribution in [0.5, 0.6) is 0 Å². The van der Waals surface area contributed by atoms with Crippen molar-refractivity contribution < 1.29 is 0 Å². The Balaban J connectivity index is 2.59. The third-order valence-electron chi connectivity index (χ3n) is 1.66. The summed E-state index contributed by atoms with van der Waals surface area (Å²) in [6.07, 6.45) is 1.85. The lowest BCUT2D eigenvalue weighted by Crippen LogP contribution is -2.12. The van der Waals surface area contributed by atoms with Gasteiger partial charge in [-0.3, -0.25) is 0 Å². The molecule has 0 aromatic carbocycles. The molecule has 1 aromatic rings. The molecule has 0 atom stereocenters. The van der Waals surface area contributed by atoms with Gasteiger partial charge in [0.1, 0.15) is 5.82 Å². The third-order valence-corrected chi connectivity index (χ3v) is 1.66. The summed E-state index contributed by atoms with van der Waals surface area (Å²) in [6.45, 7) is 8.42. The van der Waals surface area contributed by atoms with Gasteiger partial charge in [-0.2, -0.15) is 0 Å². The van der Waals surface area contributed by atoms with E-state index in [2.05, 4.69) is 43.3 Å². The van der Waals surface area contributed by atoms with Gasteiger partial charge < -0.3 is 10.6 Å². The largest absolute Gasteiger partial charge is 0.382 e. The average molecular weight is 193 g/mol. The first-order chi connectivity index (χ1) is 6.58. The minimum Gasteiger partial charge on any atom is -0.382 e. The molecule has 0 aliphatic carbocycles. The van der Waals surface area contributed by atoms with E-state index in [1.165, 1.54) is 0 Å². The van der Waals surface area contributed by atoms with E-state index in [-0.39, 0.29) is 0 Å². The maximum absolute atomic E-state index is 4.30. The van der Waals surface area contributed by atoms with Gasteiger partial charge in [0, 0.05) is 12.1 Å². The van der Waals surface area contributed by atoms with E-state index in [0.717, 1.165) is 11.5 Å². The van der Waals surface area contributed by atoms with E-state index in [9.17, 15) is 0 Å².